The minimum atomic E-state index is -0.466. The van der Waals surface area contributed by atoms with Gasteiger partial charge in [0.1, 0.15) is 17.2 Å². The van der Waals surface area contributed by atoms with Gasteiger partial charge >= 0.3 is 0 Å². The summed E-state index contributed by atoms with van der Waals surface area (Å²) in [6, 6.07) is 14.4. The third kappa shape index (κ3) is 5.13. The average Bonchev–Trinajstić information content (AvgIpc) is 3.47. The molecular formula is C27H22Cl2N2O6. The molecule has 1 saturated heterocycles. The summed E-state index contributed by atoms with van der Waals surface area (Å²) in [5.41, 5.74) is 1.26. The van der Waals surface area contributed by atoms with Crippen LogP contribution in [0.5, 0.6) is 17.2 Å². The number of halogens is 2. The van der Waals surface area contributed by atoms with E-state index in [9.17, 15) is 14.4 Å². The Morgan fingerprint density at radius 3 is 2.59 bits per heavy atom. The number of anilines is 1. The first-order valence-corrected chi connectivity index (χ1v) is 12.3. The lowest BCUT2D eigenvalue weighted by atomic mass is 10.1. The van der Waals surface area contributed by atoms with E-state index in [-0.39, 0.29) is 46.4 Å². The molecule has 3 amide bonds. The predicted octanol–water partition coefficient (Wildman–Crippen LogP) is 5.82. The third-order valence-electron chi connectivity index (χ3n) is 6.14. The van der Waals surface area contributed by atoms with Crippen molar-refractivity contribution in [2.75, 3.05) is 25.6 Å². The Hall–Kier alpha value is -3.59. The number of carbonyl (C=O) groups excluding carboxylic acids is 3. The second-order valence-corrected chi connectivity index (χ2v) is 9.46. The first kappa shape index (κ1) is 25.1. The number of fused-ring (bicyclic) bond motifs is 1. The molecule has 3 aromatic carbocycles. The number of rotatable bonds is 7. The molecule has 1 N–H and O–H groups in total. The number of benzene rings is 3. The maximum Gasteiger partial charge on any atom is 0.261 e. The molecule has 0 saturated carbocycles. The van der Waals surface area contributed by atoms with E-state index in [1.54, 1.807) is 42.5 Å². The molecule has 0 radical (unpaired) electrons. The van der Waals surface area contributed by atoms with Crippen LogP contribution in [0.4, 0.5) is 5.69 Å². The molecule has 2 heterocycles. The normalized spacial score (nSPS) is 16.6. The highest BCUT2D eigenvalue weighted by atomic mass is 35.5. The van der Waals surface area contributed by atoms with Gasteiger partial charge in [-0.1, -0.05) is 29.3 Å². The molecule has 0 bridgehead atoms. The summed E-state index contributed by atoms with van der Waals surface area (Å²) in [4.78, 5) is 39.8. The van der Waals surface area contributed by atoms with Gasteiger partial charge in [0.25, 0.3) is 17.7 Å². The number of amides is 3. The van der Waals surface area contributed by atoms with Gasteiger partial charge in [0.05, 0.1) is 41.5 Å². The minimum Gasteiger partial charge on any atom is -0.494 e. The van der Waals surface area contributed by atoms with E-state index in [0.29, 0.717) is 34.4 Å². The summed E-state index contributed by atoms with van der Waals surface area (Å²) in [6.45, 7) is 0.888. The zero-order valence-electron chi connectivity index (χ0n) is 19.8. The fourth-order valence-electron chi connectivity index (χ4n) is 4.40. The van der Waals surface area contributed by atoms with Crippen LogP contribution in [0.2, 0.25) is 10.0 Å². The quantitative estimate of drug-likeness (QED) is 0.379. The lowest BCUT2D eigenvalue weighted by molar-refractivity contribution is 0.0475. The topological polar surface area (TPSA) is 94.2 Å². The fourth-order valence-corrected chi connectivity index (χ4v) is 4.97. The molecule has 1 atom stereocenters. The summed E-state index contributed by atoms with van der Waals surface area (Å²) in [5, 5.41) is 3.29. The Morgan fingerprint density at radius 2 is 1.84 bits per heavy atom. The molecule has 2 aliphatic heterocycles. The molecule has 2 aliphatic rings. The van der Waals surface area contributed by atoms with Crippen LogP contribution < -0.4 is 14.8 Å². The first-order chi connectivity index (χ1) is 17.8. The van der Waals surface area contributed by atoms with Gasteiger partial charge in [-0.2, -0.15) is 0 Å². The van der Waals surface area contributed by atoms with Crippen molar-refractivity contribution in [1.29, 1.82) is 0 Å². The fraction of sp³-hybridized carbons (Fsp3) is 0.222. The number of hydrogen-bond acceptors (Lipinski definition) is 6. The molecule has 0 aromatic heterocycles. The van der Waals surface area contributed by atoms with Crippen LogP contribution in [0.1, 0.15) is 43.9 Å². The number of hydrogen-bond donors (Lipinski definition) is 1. The Bertz CT molecular complexity index is 1400. The molecule has 8 nitrogen and oxygen atoms in total. The van der Waals surface area contributed by atoms with Crippen molar-refractivity contribution in [1.82, 2.24) is 4.90 Å². The first-order valence-electron chi connectivity index (χ1n) is 11.6. The van der Waals surface area contributed by atoms with E-state index in [1.165, 1.54) is 24.1 Å². The number of ether oxygens (including phenoxy) is 3. The molecular weight excluding hydrogens is 519 g/mol. The van der Waals surface area contributed by atoms with Crippen LogP contribution in [-0.2, 0) is 4.74 Å². The zero-order chi connectivity index (χ0) is 26.1. The average molecular weight is 541 g/mol. The number of nitrogens with zero attached hydrogens (tertiary/aromatic N) is 1. The molecule has 3 aromatic rings. The SMILES string of the molecule is COc1c(Cl)cc(Cl)cc1C(=O)Nc1cccc(Oc2ccc3c(c2)C(=O)N(CC2CCCO2)C3=O)c1. The summed E-state index contributed by atoms with van der Waals surface area (Å²) in [6.07, 6.45) is 1.62. The molecule has 1 fully saturated rings. The third-order valence-corrected chi connectivity index (χ3v) is 6.64. The molecule has 0 aliphatic carbocycles. The van der Waals surface area contributed by atoms with Gasteiger partial charge in [-0.05, 0) is 55.3 Å². The van der Waals surface area contributed by atoms with Crippen LogP contribution in [0.3, 0.4) is 0 Å². The molecule has 0 spiro atoms. The van der Waals surface area contributed by atoms with E-state index in [0.717, 1.165) is 12.8 Å². The van der Waals surface area contributed by atoms with Crippen molar-refractivity contribution in [3.05, 3.63) is 81.3 Å². The summed E-state index contributed by atoms with van der Waals surface area (Å²) >= 11 is 12.2. The monoisotopic (exact) mass is 540 g/mol. The summed E-state index contributed by atoms with van der Waals surface area (Å²) < 4.78 is 16.8. The lowest BCUT2D eigenvalue weighted by Crippen LogP contribution is -2.36. The second-order valence-electron chi connectivity index (χ2n) is 8.62. The lowest BCUT2D eigenvalue weighted by Gasteiger charge is -2.17. The summed E-state index contributed by atoms with van der Waals surface area (Å²) in [7, 11) is 1.41. The van der Waals surface area contributed by atoms with Gasteiger partial charge in [0, 0.05) is 23.4 Å². The van der Waals surface area contributed by atoms with Crippen molar-refractivity contribution in [3.63, 3.8) is 0 Å². The minimum absolute atomic E-state index is 0.126. The second kappa shape index (κ2) is 10.4. The largest absolute Gasteiger partial charge is 0.494 e. The van der Waals surface area contributed by atoms with E-state index < -0.39 is 5.91 Å². The Balaban J connectivity index is 1.31. The predicted molar refractivity (Wildman–Crippen MR) is 138 cm³/mol. The maximum atomic E-state index is 12.9. The molecule has 5 rings (SSSR count). The van der Waals surface area contributed by atoms with E-state index in [2.05, 4.69) is 5.32 Å². The highest BCUT2D eigenvalue weighted by Gasteiger charge is 2.37. The number of nitrogens with one attached hydrogen (secondary N) is 1. The van der Waals surface area contributed by atoms with Crippen molar-refractivity contribution >= 4 is 46.6 Å². The molecule has 37 heavy (non-hydrogen) atoms. The Kier molecular flexibility index (Phi) is 7.06. The van der Waals surface area contributed by atoms with E-state index >= 15 is 0 Å². The van der Waals surface area contributed by atoms with Crippen LogP contribution in [0, 0.1) is 0 Å². The van der Waals surface area contributed by atoms with Gasteiger partial charge < -0.3 is 19.5 Å². The van der Waals surface area contributed by atoms with Crippen molar-refractivity contribution in [3.8, 4) is 17.2 Å². The highest BCUT2D eigenvalue weighted by molar-refractivity contribution is 6.36. The van der Waals surface area contributed by atoms with Crippen LogP contribution in [0.25, 0.3) is 0 Å². The molecule has 190 valence electrons. The van der Waals surface area contributed by atoms with Crippen LogP contribution in [0.15, 0.2) is 54.6 Å². The number of carbonyl (C=O) groups is 3. The highest BCUT2D eigenvalue weighted by Crippen LogP contribution is 2.34. The number of methoxy groups -OCH3 is 1. The van der Waals surface area contributed by atoms with Crippen molar-refractivity contribution < 1.29 is 28.6 Å². The van der Waals surface area contributed by atoms with Crippen molar-refractivity contribution in [2.24, 2.45) is 0 Å². The van der Waals surface area contributed by atoms with Gasteiger partial charge in [0.15, 0.2) is 0 Å². The van der Waals surface area contributed by atoms with E-state index in [1.807, 2.05) is 0 Å². The van der Waals surface area contributed by atoms with Gasteiger partial charge in [-0.15, -0.1) is 0 Å². The smallest absolute Gasteiger partial charge is 0.261 e. The van der Waals surface area contributed by atoms with Crippen LogP contribution >= 0.6 is 23.2 Å². The Morgan fingerprint density at radius 1 is 1.05 bits per heavy atom. The van der Waals surface area contributed by atoms with Crippen molar-refractivity contribution in [2.45, 2.75) is 18.9 Å². The maximum absolute atomic E-state index is 12.9. The standard InChI is InChI=1S/C27H22Cl2N2O6/c1-35-24-22(10-15(28)11-23(24)29)25(32)30-16-4-2-5-17(12-16)37-18-7-8-20-21(13-18)27(34)31(26(20)33)14-19-6-3-9-36-19/h2,4-5,7-8,10-13,19H,3,6,9,14H2,1H3,(H,30,32). The van der Waals surface area contributed by atoms with E-state index in [4.69, 9.17) is 37.4 Å². The van der Waals surface area contributed by atoms with Gasteiger partial charge in [0.2, 0.25) is 0 Å². The Labute approximate surface area is 223 Å². The van der Waals surface area contributed by atoms with Gasteiger partial charge in [-0.3, -0.25) is 19.3 Å². The zero-order valence-corrected chi connectivity index (χ0v) is 21.3. The number of imide groups is 1. The van der Waals surface area contributed by atoms with Gasteiger partial charge in [-0.25, -0.2) is 0 Å². The van der Waals surface area contributed by atoms with Crippen LogP contribution in [-0.4, -0.2) is 49.0 Å². The summed E-state index contributed by atoms with van der Waals surface area (Å²) in [5.74, 6) is -0.153. The molecule has 10 heteroatoms. The molecule has 1 unspecified atom stereocenters.